The van der Waals surface area contributed by atoms with Gasteiger partial charge in [-0.15, -0.1) is 0 Å². The first kappa shape index (κ1) is 19.6. The molecule has 2 N–H and O–H groups in total. The maximum atomic E-state index is 13.6. The smallest absolute Gasteiger partial charge is 0.191 e. The zero-order valence-corrected chi connectivity index (χ0v) is 15.1. The van der Waals surface area contributed by atoms with E-state index in [1.54, 1.807) is 0 Å². The van der Waals surface area contributed by atoms with E-state index in [4.69, 9.17) is 0 Å². The average Bonchev–Trinajstić information content (AvgIpc) is 2.57. The van der Waals surface area contributed by atoms with Crippen LogP contribution < -0.4 is 10.6 Å². The molecule has 0 saturated carbocycles. The standard InChI is InChI=1S/C16H24F2N4O2S/c1-2-19-16(21-12-13-11-14(17)3-4-15(13)18)20-5-6-22-7-9-25(23,24)10-8-22/h3-4,11H,2,5-10,12H2,1H3,(H2,19,20,21). The van der Waals surface area contributed by atoms with E-state index in [0.717, 1.165) is 18.2 Å². The summed E-state index contributed by atoms with van der Waals surface area (Å²) < 4.78 is 49.6. The molecule has 1 heterocycles. The Kier molecular flexibility index (Phi) is 7.12. The molecule has 0 bridgehead atoms. The van der Waals surface area contributed by atoms with Crippen molar-refractivity contribution < 1.29 is 17.2 Å². The number of guanidine groups is 1. The molecule has 9 heteroatoms. The summed E-state index contributed by atoms with van der Waals surface area (Å²) in [5.41, 5.74) is 0.193. The Morgan fingerprint density at radius 3 is 2.64 bits per heavy atom. The Labute approximate surface area is 147 Å². The maximum absolute atomic E-state index is 13.6. The van der Waals surface area contributed by atoms with Gasteiger partial charge in [-0.25, -0.2) is 22.2 Å². The summed E-state index contributed by atoms with van der Waals surface area (Å²) in [6, 6.07) is 3.30. The van der Waals surface area contributed by atoms with Gasteiger partial charge in [0, 0.05) is 38.3 Å². The lowest BCUT2D eigenvalue weighted by molar-refractivity contribution is 0.299. The molecule has 1 aliphatic rings. The van der Waals surface area contributed by atoms with E-state index < -0.39 is 21.5 Å². The predicted molar refractivity (Wildman–Crippen MR) is 94.3 cm³/mol. The van der Waals surface area contributed by atoms with Crippen molar-refractivity contribution in [3.8, 4) is 0 Å². The second-order valence-corrected chi connectivity index (χ2v) is 8.15. The molecule has 0 aliphatic carbocycles. The van der Waals surface area contributed by atoms with Gasteiger partial charge in [-0.05, 0) is 25.1 Å². The van der Waals surface area contributed by atoms with Gasteiger partial charge in [-0.1, -0.05) is 0 Å². The van der Waals surface area contributed by atoms with Crippen LogP contribution in [0.25, 0.3) is 0 Å². The fraction of sp³-hybridized carbons (Fsp3) is 0.562. The second kappa shape index (κ2) is 9.10. The summed E-state index contributed by atoms with van der Waals surface area (Å²) >= 11 is 0. The van der Waals surface area contributed by atoms with Crippen LogP contribution in [0.4, 0.5) is 8.78 Å². The molecule has 1 aromatic carbocycles. The zero-order valence-electron chi connectivity index (χ0n) is 14.3. The van der Waals surface area contributed by atoms with Crippen LogP contribution in [0, 0.1) is 11.6 Å². The van der Waals surface area contributed by atoms with Crippen molar-refractivity contribution in [3.63, 3.8) is 0 Å². The van der Waals surface area contributed by atoms with E-state index in [1.807, 2.05) is 6.92 Å². The molecule has 0 atom stereocenters. The SMILES string of the molecule is CCNC(=NCc1cc(F)ccc1F)NCCN1CCS(=O)(=O)CC1. The number of sulfone groups is 1. The fourth-order valence-electron chi connectivity index (χ4n) is 2.48. The van der Waals surface area contributed by atoms with E-state index in [-0.39, 0.29) is 23.6 Å². The van der Waals surface area contributed by atoms with Gasteiger partial charge >= 0.3 is 0 Å². The molecule has 6 nitrogen and oxygen atoms in total. The van der Waals surface area contributed by atoms with Gasteiger partial charge in [0.15, 0.2) is 15.8 Å². The minimum absolute atomic E-state index is 0.0287. The predicted octanol–water partition coefficient (Wildman–Crippen LogP) is 0.750. The number of hydrogen-bond acceptors (Lipinski definition) is 4. The largest absolute Gasteiger partial charge is 0.357 e. The summed E-state index contributed by atoms with van der Waals surface area (Å²) in [7, 11) is -2.88. The molecule has 140 valence electrons. The molecule has 1 aliphatic heterocycles. The molecule has 2 rings (SSSR count). The van der Waals surface area contributed by atoms with E-state index >= 15 is 0 Å². The third kappa shape index (κ3) is 6.58. The van der Waals surface area contributed by atoms with E-state index in [9.17, 15) is 17.2 Å². The molecular formula is C16H24F2N4O2S. The van der Waals surface area contributed by atoms with Crippen LogP contribution in [0.5, 0.6) is 0 Å². The number of aliphatic imine (C=N–C) groups is 1. The fourth-order valence-corrected chi connectivity index (χ4v) is 3.75. The third-order valence-corrected chi connectivity index (χ3v) is 5.53. The van der Waals surface area contributed by atoms with E-state index in [0.29, 0.717) is 38.7 Å². The summed E-state index contributed by atoms with van der Waals surface area (Å²) in [5.74, 6) is -0.0871. The molecule has 1 fully saturated rings. The van der Waals surface area contributed by atoms with Crippen molar-refractivity contribution >= 4 is 15.8 Å². The molecule has 0 aromatic heterocycles. The summed E-state index contributed by atoms with van der Waals surface area (Å²) in [6.45, 7) is 4.92. The van der Waals surface area contributed by atoms with Crippen molar-refractivity contribution in [2.24, 2.45) is 4.99 Å². The molecule has 0 spiro atoms. The van der Waals surface area contributed by atoms with Crippen LogP contribution in [-0.2, 0) is 16.4 Å². The minimum Gasteiger partial charge on any atom is -0.357 e. The van der Waals surface area contributed by atoms with Gasteiger partial charge < -0.3 is 10.6 Å². The first-order valence-corrected chi connectivity index (χ1v) is 10.1. The molecule has 25 heavy (non-hydrogen) atoms. The molecule has 0 amide bonds. The van der Waals surface area contributed by atoms with Gasteiger partial charge in [0.1, 0.15) is 11.6 Å². The first-order valence-electron chi connectivity index (χ1n) is 8.28. The van der Waals surface area contributed by atoms with Gasteiger partial charge in [0.2, 0.25) is 0 Å². The minimum atomic E-state index is -2.88. The second-order valence-electron chi connectivity index (χ2n) is 5.85. The Balaban J connectivity index is 1.84. The van der Waals surface area contributed by atoms with Crippen molar-refractivity contribution in [1.29, 1.82) is 0 Å². The summed E-state index contributed by atoms with van der Waals surface area (Å²) in [5, 5.41) is 6.17. The van der Waals surface area contributed by atoms with Gasteiger partial charge in [0.05, 0.1) is 18.1 Å². The quantitative estimate of drug-likeness (QED) is 0.568. The molecule has 0 radical (unpaired) electrons. The van der Waals surface area contributed by atoms with Crippen LogP contribution >= 0.6 is 0 Å². The van der Waals surface area contributed by atoms with Crippen molar-refractivity contribution in [2.75, 3.05) is 44.2 Å². The van der Waals surface area contributed by atoms with Crippen LogP contribution in [0.2, 0.25) is 0 Å². The topological polar surface area (TPSA) is 73.8 Å². The number of benzene rings is 1. The van der Waals surface area contributed by atoms with Gasteiger partial charge in [-0.2, -0.15) is 0 Å². The molecule has 1 aromatic rings. The molecular weight excluding hydrogens is 350 g/mol. The van der Waals surface area contributed by atoms with Crippen molar-refractivity contribution in [3.05, 3.63) is 35.4 Å². The van der Waals surface area contributed by atoms with E-state index in [2.05, 4.69) is 20.5 Å². The lowest BCUT2D eigenvalue weighted by Gasteiger charge is -2.26. The highest BCUT2D eigenvalue weighted by Gasteiger charge is 2.20. The molecule has 1 saturated heterocycles. The Morgan fingerprint density at radius 2 is 1.96 bits per heavy atom. The Bertz CT molecular complexity index is 696. The number of nitrogens with one attached hydrogen (secondary N) is 2. The third-order valence-electron chi connectivity index (χ3n) is 3.92. The highest BCUT2D eigenvalue weighted by atomic mass is 32.2. The number of nitrogens with zero attached hydrogens (tertiary/aromatic N) is 2. The first-order chi connectivity index (χ1) is 11.9. The maximum Gasteiger partial charge on any atom is 0.191 e. The van der Waals surface area contributed by atoms with Gasteiger partial charge in [0.25, 0.3) is 0 Å². The zero-order chi connectivity index (χ0) is 18.3. The monoisotopic (exact) mass is 374 g/mol. The van der Waals surface area contributed by atoms with Crippen molar-refractivity contribution in [1.82, 2.24) is 15.5 Å². The van der Waals surface area contributed by atoms with Crippen LogP contribution in [-0.4, -0.2) is 63.5 Å². The molecule has 0 unspecified atom stereocenters. The number of rotatable bonds is 6. The highest BCUT2D eigenvalue weighted by Crippen LogP contribution is 2.10. The highest BCUT2D eigenvalue weighted by molar-refractivity contribution is 7.91. The Hall–Kier alpha value is -1.74. The normalized spacial score (nSPS) is 18.1. The lowest BCUT2D eigenvalue weighted by atomic mass is 10.2. The van der Waals surface area contributed by atoms with Crippen LogP contribution in [0.15, 0.2) is 23.2 Å². The van der Waals surface area contributed by atoms with Crippen LogP contribution in [0.3, 0.4) is 0 Å². The lowest BCUT2D eigenvalue weighted by Crippen LogP contribution is -2.45. The number of halogens is 2. The summed E-state index contributed by atoms with van der Waals surface area (Å²) in [4.78, 5) is 6.34. The summed E-state index contributed by atoms with van der Waals surface area (Å²) in [6.07, 6.45) is 0. The van der Waals surface area contributed by atoms with Gasteiger partial charge in [-0.3, -0.25) is 4.90 Å². The number of hydrogen-bond donors (Lipinski definition) is 2. The van der Waals surface area contributed by atoms with Crippen molar-refractivity contribution in [2.45, 2.75) is 13.5 Å². The average molecular weight is 374 g/mol. The van der Waals surface area contributed by atoms with Crippen LogP contribution in [0.1, 0.15) is 12.5 Å². The van der Waals surface area contributed by atoms with E-state index in [1.165, 1.54) is 0 Å². The Morgan fingerprint density at radius 1 is 1.24 bits per heavy atom.